The first-order valence-electron chi connectivity index (χ1n) is 5.85. The summed E-state index contributed by atoms with van der Waals surface area (Å²) in [5.41, 5.74) is 2.00. The van der Waals surface area contributed by atoms with Gasteiger partial charge in [-0.2, -0.15) is 0 Å². The molecule has 1 aromatic carbocycles. The van der Waals surface area contributed by atoms with Crippen molar-refractivity contribution < 1.29 is 4.79 Å². The highest BCUT2D eigenvalue weighted by Gasteiger charge is 2.28. The van der Waals surface area contributed by atoms with Crippen LogP contribution in [0.25, 0.3) is 0 Å². The van der Waals surface area contributed by atoms with Gasteiger partial charge < -0.3 is 10.6 Å². The van der Waals surface area contributed by atoms with Crippen molar-refractivity contribution in [2.45, 2.75) is 5.92 Å². The first kappa shape index (κ1) is 11.9. The largest absolute Gasteiger partial charge is 0.384 e. The summed E-state index contributed by atoms with van der Waals surface area (Å²) in [6.07, 6.45) is 1.32. The van der Waals surface area contributed by atoms with Crippen LogP contribution in [0.2, 0.25) is 5.15 Å². The first-order chi connectivity index (χ1) is 9.24. The number of carbonyl (C=O) groups excluding carboxylic acids is 1. The number of carbonyl (C=O) groups is 1. The molecule has 3 rings (SSSR count). The quantitative estimate of drug-likeness (QED) is 0.825. The van der Waals surface area contributed by atoms with E-state index >= 15 is 0 Å². The summed E-state index contributed by atoms with van der Waals surface area (Å²) < 4.78 is 0. The highest BCUT2D eigenvalue weighted by molar-refractivity contribution is 6.29. The van der Waals surface area contributed by atoms with Gasteiger partial charge in [-0.05, 0) is 11.6 Å². The predicted octanol–water partition coefficient (Wildman–Crippen LogP) is 2.28. The van der Waals surface area contributed by atoms with Crippen LogP contribution in [0, 0.1) is 0 Å². The molecule has 19 heavy (non-hydrogen) atoms. The zero-order valence-corrected chi connectivity index (χ0v) is 10.7. The first-order valence-corrected chi connectivity index (χ1v) is 6.23. The Labute approximate surface area is 115 Å². The van der Waals surface area contributed by atoms with E-state index in [1.807, 2.05) is 24.3 Å². The normalized spacial score (nSPS) is 16.6. The third-order valence-corrected chi connectivity index (χ3v) is 3.24. The van der Waals surface area contributed by atoms with Gasteiger partial charge in [-0.1, -0.05) is 29.8 Å². The Kier molecular flexibility index (Phi) is 3.05. The fourth-order valence-corrected chi connectivity index (χ4v) is 2.28. The number of hydrogen-bond acceptors (Lipinski definition) is 4. The second-order valence-corrected chi connectivity index (χ2v) is 4.62. The number of aromatic nitrogens is 2. The van der Waals surface area contributed by atoms with Crippen molar-refractivity contribution in [3.8, 4) is 0 Å². The van der Waals surface area contributed by atoms with Crippen molar-refractivity contribution in [3.63, 3.8) is 0 Å². The lowest BCUT2D eigenvalue weighted by Gasteiger charge is -2.10. The standard InChI is InChI=1S/C13H11ClN4O/c14-11-5-12(17-7-16-11)18-13(19)9-6-15-10-4-2-1-3-8(9)10/h1-5,7,9,15H,6H2,(H,16,17,18,19). The maximum Gasteiger partial charge on any atom is 0.234 e. The van der Waals surface area contributed by atoms with E-state index in [2.05, 4.69) is 20.6 Å². The van der Waals surface area contributed by atoms with Crippen LogP contribution in [0.5, 0.6) is 0 Å². The Balaban J connectivity index is 1.79. The lowest BCUT2D eigenvalue weighted by Crippen LogP contribution is -2.23. The number of nitrogens with one attached hydrogen (secondary N) is 2. The van der Waals surface area contributed by atoms with Crippen LogP contribution in [0.3, 0.4) is 0 Å². The summed E-state index contributed by atoms with van der Waals surface area (Å²) in [6, 6.07) is 9.30. The number of hydrogen-bond donors (Lipinski definition) is 2. The number of benzene rings is 1. The molecule has 1 aromatic heterocycles. The van der Waals surface area contributed by atoms with E-state index in [1.165, 1.54) is 12.4 Å². The Morgan fingerprint density at radius 1 is 1.37 bits per heavy atom. The fourth-order valence-electron chi connectivity index (χ4n) is 2.13. The van der Waals surface area contributed by atoms with E-state index in [1.54, 1.807) is 0 Å². The molecule has 1 amide bonds. The third kappa shape index (κ3) is 2.37. The van der Waals surface area contributed by atoms with Crippen LogP contribution in [0.4, 0.5) is 11.5 Å². The molecule has 96 valence electrons. The number of halogens is 1. The van der Waals surface area contributed by atoms with E-state index in [0.29, 0.717) is 17.5 Å². The molecule has 1 aliphatic rings. The molecule has 5 nitrogen and oxygen atoms in total. The van der Waals surface area contributed by atoms with Crippen LogP contribution >= 0.6 is 11.6 Å². The SMILES string of the molecule is O=C(Nc1cc(Cl)ncn1)C1CNc2ccccc21. The van der Waals surface area contributed by atoms with E-state index in [-0.39, 0.29) is 11.8 Å². The van der Waals surface area contributed by atoms with Crippen molar-refractivity contribution in [1.29, 1.82) is 0 Å². The van der Waals surface area contributed by atoms with Crippen molar-refractivity contribution >= 4 is 29.0 Å². The maximum absolute atomic E-state index is 12.2. The molecule has 6 heteroatoms. The number of rotatable bonds is 2. The lowest BCUT2D eigenvalue weighted by atomic mass is 10.0. The minimum absolute atomic E-state index is 0.104. The highest BCUT2D eigenvalue weighted by atomic mass is 35.5. The molecule has 0 aliphatic carbocycles. The van der Waals surface area contributed by atoms with Crippen LogP contribution in [-0.4, -0.2) is 22.4 Å². The van der Waals surface area contributed by atoms with Gasteiger partial charge in [0, 0.05) is 18.3 Å². The molecule has 0 spiro atoms. The number of para-hydroxylation sites is 1. The molecule has 1 unspecified atom stereocenters. The minimum Gasteiger partial charge on any atom is -0.384 e. The average Bonchev–Trinajstić information content (AvgIpc) is 2.82. The topological polar surface area (TPSA) is 66.9 Å². The molecular weight excluding hydrogens is 264 g/mol. The summed E-state index contributed by atoms with van der Waals surface area (Å²) in [7, 11) is 0. The number of nitrogens with zero attached hydrogens (tertiary/aromatic N) is 2. The second-order valence-electron chi connectivity index (χ2n) is 4.24. The molecule has 1 atom stereocenters. The lowest BCUT2D eigenvalue weighted by molar-refractivity contribution is -0.117. The third-order valence-electron chi connectivity index (χ3n) is 3.03. The van der Waals surface area contributed by atoms with Gasteiger partial charge in [0.05, 0.1) is 5.92 Å². The van der Waals surface area contributed by atoms with E-state index in [4.69, 9.17) is 11.6 Å². The van der Waals surface area contributed by atoms with Crippen molar-refractivity contribution in [3.05, 3.63) is 47.4 Å². The maximum atomic E-state index is 12.2. The Morgan fingerprint density at radius 2 is 2.21 bits per heavy atom. The Hall–Kier alpha value is -2.14. The van der Waals surface area contributed by atoms with Crippen molar-refractivity contribution in [2.24, 2.45) is 0 Å². The Bertz CT molecular complexity index is 632. The molecule has 0 radical (unpaired) electrons. The summed E-state index contributed by atoms with van der Waals surface area (Å²) in [5, 5.41) is 6.26. The van der Waals surface area contributed by atoms with Gasteiger partial charge in [0.25, 0.3) is 0 Å². The molecule has 0 fully saturated rings. The van der Waals surface area contributed by atoms with Gasteiger partial charge in [0.2, 0.25) is 5.91 Å². The monoisotopic (exact) mass is 274 g/mol. The zero-order valence-electron chi connectivity index (χ0n) is 9.93. The molecule has 1 aliphatic heterocycles. The fraction of sp³-hybridized carbons (Fsp3) is 0.154. The Morgan fingerprint density at radius 3 is 3.05 bits per heavy atom. The molecule has 2 N–H and O–H groups in total. The van der Waals surface area contributed by atoms with Crippen LogP contribution in [0.1, 0.15) is 11.5 Å². The van der Waals surface area contributed by atoms with E-state index in [0.717, 1.165) is 11.3 Å². The van der Waals surface area contributed by atoms with Crippen molar-refractivity contribution in [1.82, 2.24) is 9.97 Å². The zero-order chi connectivity index (χ0) is 13.2. The van der Waals surface area contributed by atoms with Gasteiger partial charge in [-0.3, -0.25) is 4.79 Å². The molecule has 0 saturated heterocycles. The van der Waals surface area contributed by atoms with Gasteiger partial charge in [-0.15, -0.1) is 0 Å². The molecule has 2 aromatic rings. The summed E-state index contributed by atoms with van der Waals surface area (Å²) >= 11 is 5.75. The number of fused-ring (bicyclic) bond motifs is 1. The molecule has 0 bridgehead atoms. The van der Waals surface area contributed by atoms with E-state index in [9.17, 15) is 4.79 Å². The minimum atomic E-state index is -0.218. The second kappa shape index (κ2) is 4.85. The van der Waals surface area contributed by atoms with Gasteiger partial charge in [0.15, 0.2) is 0 Å². The molecule has 2 heterocycles. The van der Waals surface area contributed by atoms with Gasteiger partial charge >= 0.3 is 0 Å². The van der Waals surface area contributed by atoms with Crippen LogP contribution in [-0.2, 0) is 4.79 Å². The molecular formula is C13H11ClN4O. The number of anilines is 2. The average molecular weight is 275 g/mol. The summed E-state index contributed by atoms with van der Waals surface area (Å²) in [4.78, 5) is 20.0. The smallest absolute Gasteiger partial charge is 0.234 e. The van der Waals surface area contributed by atoms with E-state index < -0.39 is 0 Å². The van der Waals surface area contributed by atoms with Gasteiger partial charge in [-0.25, -0.2) is 9.97 Å². The highest BCUT2D eigenvalue weighted by Crippen LogP contribution is 2.31. The van der Waals surface area contributed by atoms with Crippen LogP contribution < -0.4 is 10.6 Å². The van der Waals surface area contributed by atoms with Crippen LogP contribution in [0.15, 0.2) is 36.7 Å². The number of amides is 1. The molecule has 0 saturated carbocycles. The predicted molar refractivity (Wildman–Crippen MR) is 73.3 cm³/mol. The summed E-state index contributed by atoms with van der Waals surface area (Å²) in [6.45, 7) is 0.587. The van der Waals surface area contributed by atoms with Crippen molar-refractivity contribution in [2.75, 3.05) is 17.2 Å². The van der Waals surface area contributed by atoms with Gasteiger partial charge in [0.1, 0.15) is 17.3 Å². The summed E-state index contributed by atoms with van der Waals surface area (Å²) in [5.74, 6) is 0.0894.